The van der Waals surface area contributed by atoms with Crippen molar-refractivity contribution in [1.29, 1.82) is 0 Å². The molecule has 0 atom stereocenters. The maximum Gasteiger partial charge on any atom is 0.160 e. The topological polar surface area (TPSA) is 39.7 Å². The predicted octanol–water partition coefficient (Wildman–Crippen LogP) is 5.35. The fraction of sp³-hybridized carbons (Fsp3) is 0.400. The Morgan fingerprint density at radius 2 is 1.62 bits per heavy atom. The molecule has 0 radical (unpaired) electrons. The molecule has 0 aliphatic heterocycles. The average molecular weight is 487 g/mol. The summed E-state index contributed by atoms with van der Waals surface area (Å²) in [5.74, 6) is 2.38. The van der Waals surface area contributed by atoms with Crippen LogP contribution in [0.2, 0.25) is 0 Å². The number of rotatable bonds is 10. The first-order chi connectivity index (χ1) is 12.6. The van der Waals surface area contributed by atoms with Gasteiger partial charge in [-0.1, -0.05) is 13.0 Å². The van der Waals surface area contributed by atoms with Gasteiger partial charge in [0, 0.05) is 6.54 Å². The molecule has 0 amide bonds. The predicted molar refractivity (Wildman–Crippen MR) is 113 cm³/mol. The molecule has 2 aromatic carbocycles. The van der Waals surface area contributed by atoms with E-state index < -0.39 is 0 Å². The Kier molecular flexibility index (Phi) is 8.75. The summed E-state index contributed by atoms with van der Waals surface area (Å²) in [5, 5.41) is 3.48. The van der Waals surface area contributed by atoms with E-state index >= 15 is 0 Å². The molecular weight excluding hydrogens is 462 g/mol. The van der Waals surface area contributed by atoms with Gasteiger partial charge in [0.1, 0.15) is 5.75 Å². The van der Waals surface area contributed by atoms with Crippen molar-refractivity contribution in [3.8, 4) is 17.2 Å². The van der Waals surface area contributed by atoms with Gasteiger partial charge in [-0.05, 0) is 86.6 Å². The Hall–Kier alpha value is -1.24. The van der Waals surface area contributed by atoms with E-state index in [1.807, 2.05) is 12.1 Å². The molecule has 0 aliphatic carbocycles. The van der Waals surface area contributed by atoms with Crippen LogP contribution in [0, 0.1) is 0 Å². The molecule has 26 heavy (non-hydrogen) atoms. The van der Waals surface area contributed by atoms with Gasteiger partial charge < -0.3 is 19.5 Å². The molecule has 0 fully saturated rings. The maximum atomic E-state index is 5.76. The zero-order valence-corrected chi connectivity index (χ0v) is 18.6. The molecule has 0 unspecified atom stereocenters. The lowest BCUT2D eigenvalue weighted by Gasteiger charge is -2.13. The van der Waals surface area contributed by atoms with E-state index in [-0.39, 0.29) is 0 Å². The molecule has 2 rings (SSSR count). The third-order valence-corrected chi connectivity index (χ3v) is 5.05. The van der Waals surface area contributed by atoms with Crippen LogP contribution >= 0.6 is 31.9 Å². The lowest BCUT2D eigenvalue weighted by Crippen LogP contribution is -2.16. The average Bonchev–Trinajstić information content (AvgIpc) is 2.64. The van der Waals surface area contributed by atoms with Gasteiger partial charge in [0.15, 0.2) is 11.5 Å². The molecule has 0 saturated heterocycles. The van der Waals surface area contributed by atoms with Gasteiger partial charge >= 0.3 is 0 Å². The standard InChI is InChI=1S/C20H25Br2NO3/c1-4-9-26-20-16(21)10-15(11-17(20)22)13-23-8-7-14-5-6-18(24-2)19(12-14)25-3/h5-6,10-12,23H,4,7-9,13H2,1-3H3. The summed E-state index contributed by atoms with van der Waals surface area (Å²) in [6, 6.07) is 10.2. The molecule has 142 valence electrons. The molecule has 0 saturated carbocycles. The molecule has 0 aliphatic rings. The highest BCUT2D eigenvalue weighted by molar-refractivity contribution is 9.11. The fourth-order valence-corrected chi connectivity index (χ4v) is 4.07. The van der Waals surface area contributed by atoms with Gasteiger partial charge in [-0.25, -0.2) is 0 Å². The van der Waals surface area contributed by atoms with Crippen LogP contribution < -0.4 is 19.5 Å². The summed E-state index contributed by atoms with van der Waals surface area (Å²) in [6.45, 7) is 4.47. The van der Waals surface area contributed by atoms with E-state index in [0.29, 0.717) is 6.61 Å². The van der Waals surface area contributed by atoms with Gasteiger partial charge in [0.2, 0.25) is 0 Å². The van der Waals surface area contributed by atoms with Crippen LogP contribution in [0.4, 0.5) is 0 Å². The second-order valence-electron chi connectivity index (χ2n) is 5.85. The third-order valence-electron chi connectivity index (χ3n) is 3.88. The van der Waals surface area contributed by atoms with E-state index in [9.17, 15) is 0 Å². The monoisotopic (exact) mass is 485 g/mol. The minimum atomic E-state index is 0.708. The Labute approximate surface area is 172 Å². The molecule has 4 nitrogen and oxygen atoms in total. The largest absolute Gasteiger partial charge is 0.493 e. The van der Waals surface area contributed by atoms with Crippen molar-refractivity contribution in [2.24, 2.45) is 0 Å². The maximum absolute atomic E-state index is 5.76. The van der Waals surface area contributed by atoms with Crippen molar-refractivity contribution >= 4 is 31.9 Å². The van der Waals surface area contributed by atoms with Crippen LogP contribution in [-0.4, -0.2) is 27.4 Å². The lowest BCUT2D eigenvalue weighted by molar-refractivity contribution is 0.313. The minimum Gasteiger partial charge on any atom is -0.493 e. The van der Waals surface area contributed by atoms with E-state index in [0.717, 1.165) is 52.1 Å². The summed E-state index contributed by atoms with van der Waals surface area (Å²) in [5.41, 5.74) is 2.40. The number of methoxy groups -OCH3 is 2. The SMILES string of the molecule is CCCOc1c(Br)cc(CNCCc2ccc(OC)c(OC)c2)cc1Br. The number of hydrogen-bond donors (Lipinski definition) is 1. The molecule has 6 heteroatoms. The number of nitrogens with one attached hydrogen (secondary N) is 1. The highest BCUT2D eigenvalue weighted by Crippen LogP contribution is 2.35. The lowest BCUT2D eigenvalue weighted by atomic mass is 10.1. The minimum absolute atomic E-state index is 0.708. The van der Waals surface area contributed by atoms with Crippen molar-refractivity contribution in [2.45, 2.75) is 26.3 Å². The van der Waals surface area contributed by atoms with Crippen LogP contribution in [0.1, 0.15) is 24.5 Å². The first kappa shape index (κ1) is 21.1. The molecule has 1 N–H and O–H groups in total. The Balaban J connectivity index is 1.88. The smallest absolute Gasteiger partial charge is 0.160 e. The van der Waals surface area contributed by atoms with Gasteiger partial charge in [-0.15, -0.1) is 0 Å². The first-order valence-electron chi connectivity index (χ1n) is 8.61. The van der Waals surface area contributed by atoms with Crippen molar-refractivity contribution in [1.82, 2.24) is 5.32 Å². The quantitative estimate of drug-likeness (QED) is 0.459. The van der Waals surface area contributed by atoms with Crippen LogP contribution in [0.5, 0.6) is 17.2 Å². The Morgan fingerprint density at radius 3 is 2.23 bits per heavy atom. The molecule has 0 spiro atoms. The number of hydrogen-bond acceptors (Lipinski definition) is 4. The van der Waals surface area contributed by atoms with Crippen LogP contribution in [0.15, 0.2) is 39.3 Å². The van der Waals surface area contributed by atoms with Crippen LogP contribution in [0.3, 0.4) is 0 Å². The van der Waals surface area contributed by atoms with Crippen molar-refractivity contribution in [3.05, 3.63) is 50.4 Å². The molecule has 0 heterocycles. The number of halogens is 2. The zero-order valence-electron chi connectivity index (χ0n) is 15.4. The summed E-state index contributed by atoms with van der Waals surface area (Å²) >= 11 is 7.19. The first-order valence-corrected chi connectivity index (χ1v) is 10.2. The van der Waals surface area contributed by atoms with Crippen LogP contribution in [0.25, 0.3) is 0 Å². The normalized spacial score (nSPS) is 10.7. The Morgan fingerprint density at radius 1 is 0.923 bits per heavy atom. The molecule has 0 aromatic heterocycles. The Bertz CT molecular complexity index is 699. The van der Waals surface area contributed by atoms with Crippen molar-refractivity contribution in [2.75, 3.05) is 27.4 Å². The van der Waals surface area contributed by atoms with Crippen LogP contribution in [-0.2, 0) is 13.0 Å². The third kappa shape index (κ3) is 5.89. The van der Waals surface area contributed by atoms with Gasteiger partial charge in [-0.2, -0.15) is 0 Å². The van der Waals surface area contributed by atoms with Gasteiger partial charge in [0.05, 0.1) is 29.8 Å². The van der Waals surface area contributed by atoms with Gasteiger partial charge in [0.25, 0.3) is 0 Å². The summed E-state index contributed by atoms with van der Waals surface area (Å²) < 4.78 is 18.3. The zero-order chi connectivity index (χ0) is 18.9. The molecule has 0 bridgehead atoms. The van der Waals surface area contributed by atoms with E-state index in [1.54, 1.807) is 14.2 Å². The highest BCUT2D eigenvalue weighted by atomic mass is 79.9. The second kappa shape index (κ2) is 10.8. The van der Waals surface area contributed by atoms with E-state index in [4.69, 9.17) is 14.2 Å². The van der Waals surface area contributed by atoms with Crippen molar-refractivity contribution in [3.63, 3.8) is 0 Å². The number of benzene rings is 2. The molecular formula is C20H25Br2NO3. The fourth-order valence-electron chi connectivity index (χ4n) is 2.56. The van der Waals surface area contributed by atoms with Crippen molar-refractivity contribution < 1.29 is 14.2 Å². The summed E-state index contributed by atoms with van der Waals surface area (Å²) in [7, 11) is 3.30. The molecule has 2 aromatic rings. The summed E-state index contributed by atoms with van der Waals surface area (Å²) in [4.78, 5) is 0. The summed E-state index contributed by atoms with van der Waals surface area (Å²) in [6.07, 6.45) is 1.90. The van der Waals surface area contributed by atoms with E-state index in [2.05, 4.69) is 62.3 Å². The van der Waals surface area contributed by atoms with E-state index in [1.165, 1.54) is 11.1 Å². The van der Waals surface area contributed by atoms with Gasteiger partial charge in [-0.3, -0.25) is 0 Å². The number of ether oxygens (including phenoxy) is 3. The highest BCUT2D eigenvalue weighted by Gasteiger charge is 2.09. The second-order valence-corrected chi connectivity index (χ2v) is 7.56.